The van der Waals surface area contributed by atoms with Crippen molar-refractivity contribution in [1.29, 1.82) is 0 Å². The molecule has 11 nitrogen and oxygen atoms in total. The Labute approximate surface area is 303 Å². The van der Waals surface area contributed by atoms with Crippen molar-refractivity contribution in [3.63, 3.8) is 0 Å². The zero-order valence-corrected chi connectivity index (χ0v) is 30.3. The lowest BCUT2D eigenvalue weighted by Crippen LogP contribution is -2.47. The van der Waals surface area contributed by atoms with E-state index >= 15 is 0 Å². The van der Waals surface area contributed by atoms with E-state index in [0.717, 1.165) is 48.1 Å². The number of aryl methyl sites for hydroxylation is 1. The van der Waals surface area contributed by atoms with Crippen LogP contribution in [0.15, 0.2) is 107 Å². The molecule has 5 aromatic rings. The first-order valence-corrected chi connectivity index (χ1v) is 18.9. The third kappa shape index (κ3) is 8.63. The molecule has 1 saturated carbocycles. The number of para-hydroxylation sites is 1. The number of carbonyl (C=O) groups is 1. The van der Waals surface area contributed by atoms with Gasteiger partial charge in [0.15, 0.2) is 15.7 Å². The number of aliphatic imine (C=N–C) groups is 1. The quantitative estimate of drug-likeness (QED) is 0.131. The first kappa shape index (κ1) is 35.7. The number of nitrogens with one attached hydrogen (secondary N) is 2. The number of aromatic nitrogens is 4. The third-order valence-corrected chi connectivity index (χ3v) is 11.5. The normalized spacial score (nSPS) is 16.3. The first-order chi connectivity index (χ1) is 24.6. The second-order valence-electron chi connectivity index (χ2n) is 12.9. The van der Waals surface area contributed by atoms with E-state index in [9.17, 15) is 13.2 Å². The molecular weight excluding hydrogens is 684 g/mol. The predicted octanol–water partition coefficient (Wildman–Crippen LogP) is 8.13. The van der Waals surface area contributed by atoms with E-state index in [0.29, 0.717) is 12.2 Å². The maximum absolute atomic E-state index is 13.8. The number of rotatable bonds is 11. The van der Waals surface area contributed by atoms with E-state index in [1.54, 1.807) is 42.8 Å². The number of anilines is 3. The fourth-order valence-electron chi connectivity index (χ4n) is 6.13. The summed E-state index contributed by atoms with van der Waals surface area (Å²) in [5.74, 6) is 0.639. The summed E-state index contributed by atoms with van der Waals surface area (Å²) in [6, 6.07) is 24.5. The van der Waals surface area contributed by atoms with Crippen molar-refractivity contribution in [2.24, 2.45) is 18.0 Å². The number of sulfone groups is 1. The lowest BCUT2D eigenvalue weighted by atomic mass is 9.86. The van der Waals surface area contributed by atoms with Gasteiger partial charge >= 0.3 is 6.03 Å². The molecule has 2 N–H and O–H groups in total. The lowest BCUT2D eigenvalue weighted by molar-refractivity contribution is 0.240. The molecule has 2 heterocycles. The van der Waals surface area contributed by atoms with Gasteiger partial charge in [0.25, 0.3) is 5.95 Å². The Morgan fingerprint density at radius 3 is 2.37 bits per heavy atom. The molecule has 0 unspecified atom stereocenters. The molecule has 1 aliphatic carbocycles. The average molecular weight is 725 g/mol. The lowest BCUT2D eigenvalue weighted by Gasteiger charge is -2.36. The number of urea groups is 1. The topological polar surface area (TPSA) is 134 Å². The molecule has 3 aromatic carbocycles. The predicted molar refractivity (Wildman–Crippen MR) is 203 cm³/mol. The van der Waals surface area contributed by atoms with Gasteiger partial charge in [-0.1, -0.05) is 66.2 Å². The van der Waals surface area contributed by atoms with Crippen molar-refractivity contribution in [3.8, 4) is 11.1 Å². The molecule has 13 heteroatoms. The minimum atomic E-state index is -3.55. The van der Waals surface area contributed by atoms with Crippen LogP contribution >= 0.6 is 11.6 Å². The fraction of sp³-hybridized carbons (Fsp3) is 0.289. The van der Waals surface area contributed by atoms with Gasteiger partial charge in [0.2, 0.25) is 0 Å². The molecule has 2 amide bonds. The van der Waals surface area contributed by atoms with Gasteiger partial charge in [0.05, 0.1) is 28.2 Å². The molecule has 264 valence electrons. The Balaban J connectivity index is 1.14. The van der Waals surface area contributed by atoms with Crippen molar-refractivity contribution in [1.82, 2.24) is 25.1 Å². The van der Waals surface area contributed by atoms with Crippen molar-refractivity contribution < 1.29 is 13.2 Å². The smallest absolute Gasteiger partial charge is 0.322 e. The number of halogens is 1. The number of nitrogens with zero attached hydrogens (tertiary/aromatic N) is 6. The van der Waals surface area contributed by atoms with Crippen LogP contribution in [0.3, 0.4) is 0 Å². The molecule has 0 aliphatic heterocycles. The highest BCUT2D eigenvalue weighted by atomic mass is 35.5. The molecule has 1 fully saturated rings. The molecule has 0 atom stereocenters. The maximum Gasteiger partial charge on any atom is 0.322 e. The van der Waals surface area contributed by atoms with E-state index in [-0.39, 0.29) is 39.7 Å². The summed E-state index contributed by atoms with van der Waals surface area (Å²) in [7, 11) is -1.66. The van der Waals surface area contributed by atoms with E-state index < -0.39 is 15.1 Å². The summed E-state index contributed by atoms with van der Waals surface area (Å²) in [6.07, 6.45) is 10.3. The standard InChI is InChI=1S/C38H41ClN8O3S/c1-26(2)51(49,50)35-12-8-7-11-34(35)44-36-33(39)24-41-37(45-36)40-21-28-13-17-31(18-14-28)47(38(48)42-22-27-9-5-4-6-10-27)32-19-15-29(16-20-32)30-23-43-46(3)25-30/h4-12,15-16,19-21,23-26,28,31H,13-14,17-18,22H2,1-3H3,(H,42,48)(H,41,44,45). The summed E-state index contributed by atoms with van der Waals surface area (Å²) in [6.45, 7) is 3.72. The largest absolute Gasteiger partial charge is 0.338 e. The molecule has 0 saturated heterocycles. The fourth-order valence-corrected chi connectivity index (χ4v) is 7.47. The van der Waals surface area contributed by atoms with Crippen LogP contribution in [0, 0.1) is 5.92 Å². The van der Waals surface area contributed by atoms with Gasteiger partial charge in [0, 0.05) is 43.3 Å². The van der Waals surface area contributed by atoms with Crippen LogP contribution in [0.25, 0.3) is 11.1 Å². The van der Waals surface area contributed by atoms with Crippen LogP contribution < -0.4 is 15.5 Å². The summed E-state index contributed by atoms with van der Waals surface area (Å²) in [4.78, 5) is 29.2. The van der Waals surface area contributed by atoms with Gasteiger partial charge in [-0.2, -0.15) is 10.1 Å². The molecular formula is C38H41ClN8O3S. The Hall–Kier alpha value is -5.07. The van der Waals surface area contributed by atoms with E-state index in [4.69, 9.17) is 11.6 Å². The van der Waals surface area contributed by atoms with Crippen LogP contribution in [-0.2, 0) is 23.4 Å². The zero-order valence-electron chi connectivity index (χ0n) is 28.8. The third-order valence-electron chi connectivity index (χ3n) is 9.00. The molecule has 2 aromatic heterocycles. The van der Waals surface area contributed by atoms with Crippen molar-refractivity contribution >= 4 is 56.8 Å². The van der Waals surface area contributed by atoms with Crippen LogP contribution in [0.1, 0.15) is 45.1 Å². The van der Waals surface area contributed by atoms with Gasteiger partial charge in [-0.05, 0) is 80.8 Å². The average Bonchev–Trinajstić information content (AvgIpc) is 3.58. The summed E-state index contributed by atoms with van der Waals surface area (Å²) in [5, 5.41) is 10.1. The van der Waals surface area contributed by atoms with Gasteiger partial charge in [-0.15, -0.1) is 0 Å². The Morgan fingerprint density at radius 1 is 0.980 bits per heavy atom. The molecule has 6 rings (SSSR count). The van der Waals surface area contributed by atoms with Gasteiger partial charge in [-0.25, -0.2) is 23.2 Å². The van der Waals surface area contributed by atoms with Crippen molar-refractivity contribution in [2.45, 2.75) is 62.3 Å². The van der Waals surface area contributed by atoms with Crippen LogP contribution in [0.4, 0.5) is 27.9 Å². The molecule has 51 heavy (non-hydrogen) atoms. The highest BCUT2D eigenvalue weighted by molar-refractivity contribution is 7.92. The Morgan fingerprint density at radius 2 is 1.69 bits per heavy atom. The maximum atomic E-state index is 13.8. The number of hydrogen-bond donors (Lipinski definition) is 2. The molecule has 0 radical (unpaired) electrons. The molecule has 0 spiro atoms. The minimum absolute atomic E-state index is 0.000522. The van der Waals surface area contributed by atoms with Crippen molar-refractivity contribution in [3.05, 3.63) is 108 Å². The van der Waals surface area contributed by atoms with Gasteiger partial charge in [0.1, 0.15) is 5.02 Å². The Bertz CT molecular complexity index is 2100. The summed E-state index contributed by atoms with van der Waals surface area (Å²) >= 11 is 6.41. The Kier molecular flexibility index (Phi) is 11.1. The van der Waals surface area contributed by atoms with Gasteiger partial charge < -0.3 is 10.6 Å². The highest BCUT2D eigenvalue weighted by Crippen LogP contribution is 2.33. The molecule has 1 aliphatic rings. The second kappa shape index (κ2) is 15.9. The number of hydrogen-bond acceptors (Lipinski definition) is 8. The molecule has 0 bridgehead atoms. The summed E-state index contributed by atoms with van der Waals surface area (Å²) in [5.41, 5.74) is 4.29. The zero-order chi connectivity index (χ0) is 36.0. The summed E-state index contributed by atoms with van der Waals surface area (Å²) < 4.78 is 27.7. The number of benzene rings is 3. The first-order valence-electron chi connectivity index (χ1n) is 16.9. The number of amides is 2. The van der Waals surface area contributed by atoms with E-state index in [1.807, 2.05) is 85.2 Å². The van der Waals surface area contributed by atoms with E-state index in [1.165, 1.54) is 6.20 Å². The van der Waals surface area contributed by atoms with E-state index in [2.05, 4.69) is 30.7 Å². The minimum Gasteiger partial charge on any atom is -0.338 e. The monoisotopic (exact) mass is 724 g/mol. The van der Waals surface area contributed by atoms with Gasteiger partial charge in [-0.3, -0.25) is 9.58 Å². The second-order valence-corrected chi connectivity index (χ2v) is 15.8. The SMILES string of the molecule is CC(C)S(=O)(=O)c1ccccc1Nc1nc(N=CC2CCC(N(C(=O)NCc3ccccc3)c3ccc(-c4cnn(C)c4)cc3)CC2)ncc1Cl. The van der Waals surface area contributed by atoms with Crippen LogP contribution in [-0.4, -0.2) is 51.7 Å². The van der Waals surface area contributed by atoms with Crippen LogP contribution in [0.5, 0.6) is 0 Å². The highest BCUT2D eigenvalue weighted by Gasteiger charge is 2.30. The number of carbonyl (C=O) groups excluding carboxylic acids is 1. The van der Waals surface area contributed by atoms with Crippen molar-refractivity contribution in [2.75, 3.05) is 10.2 Å². The van der Waals surface area contributed by atoms with Crippen LogP contribution in [0.2, 0.25) is 5.02 Å².